The molecule has 100 valence electrons. The number of ether oxygens (including phenoxy) is 1. The molecule has 0 aromatic carbocycles. The monoisotopic (exact) mass is 243 g/mol. The van der Waals surface area contributed by atoms with Crippen molar-refractivity contribution in [3.8, 4) is 0 Å². The summed E-state index contributed by atoms with van der Waals surface area (Å²) in [6, 6.07) is 0.692. The van der Waals surface area contributed by atoms with Crippen LogP contribution in [0.15, 0.2) is 5.16 Å². The average molecular weight is 243 g/mol. The molecular formula is C12H25N3O2. The number of amidine groups is 1. The zero-order valence-corrected chi connectivity index (χ0v) is 11.2. The lowest BCUT2D eigenvalue weighted by Gasteiger charge is -2.52. The van der Waals surface area contributed by atoms with Crippen LogP contribution in [0.2, 0.25) is 0 Å². The van der Waals surface area contributed by atoms with Crippen LogP contribution >= 0.6 is 0 Å². The maximum absolute atomic E-state index is 8.58. The molecule has 0 aromatic heterocycles. The summed E-state index contributed by atoms with van der Waals surface area (Å²) in [7, 11) is 1.76. The zero-order chi connectivity index (χ0) is 13.1. The van der Waals surface area contributed by atoms with Crippen LogP contribution in [0.25, 0.3) is 0 Å². The summed E-state index contributed by atoms with van der Waals surface area (Å²) in [5.74, 6) is 0.282. The van der Waals surface area contributed by atoms with Crippen LogP contribution in [-0.4, -0.2) is 36.3 Å². The molecule has 0 saturated heterocycles. The molecule has 1 saturated carbocycles. The molecule has 0 bridgehead atoms. The van der Waals surface area contributed by atoms with Gasteiger partial charge in [-0.2, -0.15) is 0 Å². The molecule has 4 N–H and O–H groups in total. The number of methoxy groups -OCH3 is 1. The fourth-order valence-electron chi connectivity index (χ4n) is 2.47. The summed E-state index contributed by atoms with van der Waals surface area (Å²) < 4.78 is 5.42. The Labute approximate surface area is 103 Å². The van der Waals surface area contributed by atoms with Gasteiger partial charge in [-0.15, -0.1) is 0 Å². The highest BCUT2D eigenvalue weighted by atomic mass is 16.5. The molecule has 5 nitrogen and oxygen atoms in total. The number of oxime groups is 1. The van der Waals surface area contributed by atoms with Crippen LogP contribution in [-0.2, 0) is 4.74 Å². The van der Waals surface area contributed by atoms with E-state index in [-0.39, 0.29) is 17.3 Å². The lowest BCUT2D eigenvalue weighted by Crippen LogP contribution is -2.62. The van der Waals surface area contributed by atoms with Gasteiger partial charge in [0.05, 0.1) is 6.10 Å². The van der Waals surface area contributed by atoms with E-state index in [9.17, 15) is 0 Å². The molecule has 5 heteroatoms. The third-order valence-electron chi connectivity index (χ3n) is 3.98. The van der Waals surface area contributed by atoms with Gasteiger partial charge in [0.1, 0.15) is 5.84 Å². The molecule has 3 unspecified atom stereocenters. The van der Waals surface area contributed by atoms with E-state index in [1.54, 1.807) is 7.11 Å². The van der Waals surface area contributed by atoms with Crippen molar-refractivity contribution in [2.45, 2.75) is 58.2 Å². The summed E-state index contributed by atoms with van der Waals surface area (Å²) in [5.41, 5.74) is 5.69. The zero-order valence-electron chi connectivity index (χ0n) is 11.2. The Morgan fingerprint density at radius 3 is 2.71 bits per heavy atom. The number of nitrogens with one attached hydrogen (secondary N) is 1. The largest absolute Gasteiger partial charge is 0.409 e. The first kappa shape index (κ1) is 14.3. The summed E-state index contributed by atoms with van der Waals surface area (Å²) in [6.45, 7) is 6.51. The van der Waals surface area contributed by atoms with Crippen molar-refractivity contribution in [2.24, 2.45) is 16.3 Å². The van der Waals surface area contributed by atoms with Crippen LogP contribution in [0, 0.1) is 5.41 Å². The molecule has 1 rings (SSSR count). The van der Waals surface area contributed by atoms with Gasteiger partial charge in [-0.1, -0.05) is 25.9 Å². The molecule has 0 aliphatic heterocycles. The first-order valence-electron chi connectivity index (χ1n) is 6.20. The molecule has 0 aromatic rings. The SMILES string of the molecule is CCC(CC(N)=NO)NC1CC(OC)C1(C)C. The molecule has 0 spiro atoms. The second-order valence-electron chi connectivity index (χ2n) is 5.40. The Morgan fingerprint density at radius 1 is 1.65 bits per heavy atom. The van der Waals surface area contributed by atoms with Gasteiger partial charge in [0.15, 0.2) is 0 Å². The van der Waals surface area contributed by atoms with Crippen molar-refractivity contribution in [1.82, 2.24) is 5.32 Å². The van der Waals surface area contributed by atoms with E-state index in [2.05, 4.69) is 31.2 Å². The first-order chi connectivity index (χ1) is 7.95. The van der Waals surface area contributed by atoms with Crippen LogP contribution in [0.3, 0.4) is 0 Å². The van der Waals surface area contributed by atoms with E-state index in [4.69, 9.17) is 15.7 Å². The predicted octanol–water partition coefficient (Wildman–Crippen LogP) is 1.30. The molecule has 0 amide bonds. The normalized spacial score (nSPS) is 29.8. The molecule has 1 fully saturated rings. The highest BCUT2D eigenvalue weighted by Crippen LogP contribution is 2.42. The van der Waals surface area contributed by atoms with Crippen molar-refractivity contribution in [2.75, 3.05) is 7.11 Å². The van der Waals surface area contributed by atoms with Crippen LogP contribution in [0.1, 0.15) is 40.0 Å². The van der Waals surface area contributed by atoms with E-state index < -0.39 is 0 Å². The molecule has 1 aliphatic carbocycles. The molecule has 17 heavy (non-hydrogen) atoms. The van der Waals surface area contributed by atoms with Crippen LogP contribution in [0.4, 0.5) is 0 Å². The van der Waals surface area contributed by atoms with Crippen molar-refractivity contribution in [3.63, 3.8) is 0 Å². The predicted molar refractivity (Wildman–Crippen MR) is 68.2 cm³/mol. The molecule has 3 atom stereocenters. The number of rotatable bonds is 6. The third kappa shape index (κ3) is 3.10. The standard InChI is InChI=1S/C12H25N3O2/c1-5-8(6-11(13)15-16)14-9-7-10(17-4)12(9,2)3/h8-10,14,16H,5-7H2,1-4H3,(H2,13,15). The van der Waals surface area contributed by atoms with Gasteiger partial charge < -0.3 is 21.0 Å². The van der Waals surface area contributed by atoms with Gasteiger partial charge in [0, 0.05) is 31.0 Å². The number of hydrogen-bond donors (Lipinski definition) is 3. The maximum atomic E-state index is 8.58. The van der Waals surface area contributed by atoms with E-state index in [1.807, 2.05) is 0 Å². The molecule has 0 heterocycles. The lowest BCUT2D eigenvalue weighted by molar-refractivity contribution is -0.100. The average Bonchev–Trinajstić information content (AvgIpc) is 2.31. The molecule has 1 aliphatic rings. The highest BCUT2D eigenvalue weighted by molar-refractivity contribution is 5.80. The Balaban J connectivity index is 2.48. The first-order valence-corrected chi connectivity index (χ1v) is 6.20. The van der Waals surface area contributed by atoms with Gasteiger partial charge >= 0.3 is 0 Å². The number of hydrogen-bond acceptors (Lipinski definition) is 4. The second kappa shape index (κ2) is 5.69. The number of nitrogens with two attached hydrogens (primary N) is 1. The fourth-order valence-corrected chi connectivity index (χ4v) is 2.47. The Hall–Kier alpha value is -0.810. The second-order valence-corrected chi connectivity index (χ2v) is 5.40. The van der Waals surface area contributed by atoms with Crippen molar-refractivity contribution < 1.29 is 9.94 Å². The summed E-state index contributed by atoms with van der Waals surface area (Å²) in [5, 5.41) is 15.2. The van der Waals surface area contributed by atoms with E-state index in [0.717, 1.165) is 12.8 Å². The summed E-state index contributed by atoms with van der Waals surface area (Å²) in [6.07, 6.45) is 2.88. The molecule has 0 radical (unpaired) electrons. The smallest absolute Gasteiger partial charge is 0.140 e. The minimum Gasteiger partial charge on any atom is -0.409 e. The van der Waals surface area contributed by atoms with Gasteiger partial charge in [0.2, 0.25) is 0 Å². The fraction of sp³-hybridized carbons (Fsp3) is 0.917. The minimum absolute atomic E-state index is 0.146. The van der Waals surface area contributed by atoms with Gasteiger partial charge in [0.25, 0.3) is 0 Å². The topological polar surface area (TPSA) is 79.9 Å². The summed E-state index contributed by atoms with van der Waals surface area (Å²) in [4.78, 5) is 0. The van der Waals surface area contributed by atoms with Crippen molar-refractivity contribution >= 4 is 5.84 Å². The van der Waals surface area contributed by atoms with E-state index in [0.29, 0.717) is 18.6 Å². The lowest BCUT2D eigenvalue weighted by atomic mass is 9.64. The maximum Gasteiger partial charge on any atom is 0.140 e. The minimum atomic E-state index is 0.146. The van der Waals surface area contributed by atoms with E-state index in [1.165, 1.54) is 0 Å². The number of nitrogens with zero attached hydrogens (tertiary/aromatic N) is 1. The van der Waals surface area contributed by atoms with Crippen LogP contribution < -0.4 is 11.1 Å². The molecular weight excluding hydrogens is 218 g/mol. The quantitative estimate of drug-likeness (QED) is 0.284. The van der Waals surface area contributed by atoms with Crippen molar-refractivity contribution in [1.29, 1.82) is 0 Å². The van der Waals surface area contributed by atoms with Crippen molar-refractivity contribution in [3.05, 3.63) is 0 Å². The van der Waals surface area contributed by atoms with Gasteiger partial charge in [-0.25, -0.2) is 0 Å². The van der Waals surface area contributed by atoms with Crippen LogP contribution in [0.5, 0.6) is 0 Å². The Morgan fingerprint density at radius 2 is 2.29 bits per heavy atom. The highest BCUT2D eigenvalue weighted by Gasteiger charge is 2.48. The van der Waals surface area contributed by atoms with Gasteiger partial charge in [-0.3, -0.25) is 0 Å². The van der Waals surface area contributed by atoms with E-state index >= 15 is 0 Å². The Kier molecular flexibility index (Phi) is 4.77. The van der Waals surface area contributed by atoms with Gasteiger partial charge in [-0.05, 0) is 12.8 Å². The summed E-state index contributed by atoms with van der Waals surface area (Å²) >= 11 is 0. The Bertz CT molecular complexity index is 279. The third-order valence-corrected chi connectivity index (χ3v) is 3.98.